The van der Waals surface area contributed by atoms with E-state index >= 15 is 0 Å². The standard InChI is InChI=1S/C19H22N6S2/c1-15-5-7-16(8-6-15)21-18-22-25(19(26)27-18)14-23-10-12-24(13-11-23)17-4-2-3-9-20-17/h2-9H,10-14H2,1H3,(H,21,22)/p+2. The number of hydrogen-bond donors (Lipinski definition) is 2. The highest BCUT2D eigenvalue weighted by molar-refractivity contribution is 7.73. The second-order valence-electron chi connectivity index (χ2n) is 6.81. The van der Waals surface area contributed by atoms with E-state index in [4.69, 9.17) is 12.2 Å². The molecule has 3 N–H and O–H groups in total. The number of rotatable bonds is 5. The molecule has 140 valence electrons. The number of nitrogens with one attached hydrogen (secondary N) is 3. The van der Waals surface area contributed by atoms with Crippen molar-refractivity contribution in [3.8, 4) is 0 Å². The summed E-state index contributed by atoms with van der Waals surface area (Å²) in [7, 11) is 0. The van der Waals surface area contributed by atoms with Gasteiger partial charge in [-0.25, -0.2) is 4.98 Å². The van der Waals surface area contributed by atoms with Crippen LogP contribution in [0.2, 0.25) is 0 Å². The van der Waals surface area contributed by atoms with Crippen molar-refractivity contribution in [3.05, 3.63) is 58.2 Å². The fraction of sp³-hybridized carbons (Fsp3) is 0.316. The molecule has 6 nitrogen and oxygen atoms in total. The van der Waals surface area contributed by atoms with Gasteiger partial charge in [-0.3, -0.25) is 4.90 Å². The summed E-state index contributed by atoms with van der Waals surface area (Å²) in [6.07, 6.45) is 1.98. The summed E-state index contributed by atoms with van der Waals surface area (Å²) in [6, 6.07) is 14.5. The van der Waals surface area contributed by atoms with Gasteiger partial charge in [-0.1, -0.05) is 35.1 Å². The minimum atomic E-state index is 0.816. The van der Waals surface area contributed by atoms with Gasteiger partial charge in [0, 0.05) is 11.8 Å². The highest BCUT2D eigenvalue weighted by Gasteiger charge is 2.26. The van der Waals surface area contributed by atoms with Crippen LogP contribution in [0.1, 0.15) is 5.56 Å². The Bertz CT molecular complexity index is 927. The number of quaternary nitrogens is 1. The van der Waals surface area contributed by atoms with Crippen LogP contribution in [-0.2, 0) is 6.67 Å². The van der Waals surface area contributed by atoms with Crippen LogP contribution in [0.4, 0.5) is 16.6 Å². The molecular formula is C19H24N6S2+2. The molecule has 2 aromatic heterocycles. The first kappa shape index (κ1) is 18.1. The molecule has 0 unspecified atom stereocenters. The lowest BCUT2D eigenvalue weighted by atomic mass is 10.2. The number of H-pyrrole nitrogens is 1. The predicted molar refractivity (Wildman–Crippen MR) is 111 cm³/mol. The fourth-order valence-corrected chi connectivity index (χ4v) is 4.26. The van der Waals surface area contributed by atoms with E-state index in [2.05, 4.69) is 63.6 Å². The average Bonchev–Trinajstić information content (AvgIpc) is 3.04. The van der Waals surface area contributed by atoms with Gasteiger partial charge in [0.05, 0.1) is 6.20 Å². The maximum absolute atomic E-state index is 5.53. The van der Waals surface area contributed by atoms with Crippen molar-refractivity contribution in [2.75, 3.05) is 36.4 Å². The summed E-state index contributed by atoms with van der Waals surface area (Å²) in [5.74, 6) is 1.19. The van der Waals surface area contributed by atoms with Gasteiger partial charge in [0.1, 0.15) is 26.2 Å². The zero-order chi connectivity index (χ0) is 18.6. The maximum atomic E-state index is 5.53. The van der Waals surface area contributed by atoms with E-state index < -0.39 is 0 Å². The van der Waals surface area contributed by atoms with E-state index in [1.165, 1.54) is 27.6 Å². The van der Waals surface area contributed by atoms with Crippen LogP contribution < -0.4 is 20.1 Å². The van der Waals surface area contributed by atoms with Crippen LogP contribution in [-0.4, -0.2) is 36.0 Å². The molecule has 0 spiro atoms. The summed E-state index contributed by atoms with van der Waals surface area (Å²) < 4.78 is 2.77. The highest BCUT2D eigenvalue weighted by Crippen LogP contribution is 2.20. The van der Waals surface area contributed by atoms with Crippen LogP contribution in [0.25, 0.3) is 0 Å². The highest BCUT2D eigenvalue weighted by atomic mass is 32.1. The van der Waals surface area contributed by atoms with Gasteiger partial charge in [-0.15, -0.1) is 5.10 Å². The molecule has 27 heavy (non-hydrogen) atoms. The summed E-state index contributed by atoms with van der Waals surface area (Å²) in [4.78, 5) is 7.22. The Labute approximate surface area is 168 Å². The molecule has 1 fully saturated rings. The second kappa shape index (κ2) is 8.16. The van der Waals surface area contributed by atoms with E-state index in [0.29, 0.717) is 0 Å². The van der Waals surface area contributed by atoms with E-state index in [1.54, 1.807) is 0 Å². The number of anilines is 3. The number of benzene rings is 1. The molecule has 3 aromatic rings. The molecule has 0 atom stereocenters. The van der Waals surface area contributed by atoms with Crippen LogP contribution in [0.3, 0.4) is 0 Å². The third kappa shape index (κ3) is 4.52. The molecule has 0 saturated carbocycles. The normalized spacial score (nSPS) is 15.1. The molecule has 3 heterocycles. The minimum Gasteiger partial charge on any atom is -0.330 e. The zero-order valence-electron chi connectivity index (χ0n) is 15.3. The van der Waals surface area contributed by atoms with Crippen molar-refractivity contribution in [2.45, 2.75) is 13.6 Å². The molecule has 1 aliphatic rings. The van der Waals surface area contributed by atoms with Gasteiger partial charge in [0.2, 0.25) is 5.13 Å². The fourth-order valence-electron chi connectivity index (χ4n) is 3.23. The SMILES string of the molecule is Cc1ccc(Nc2nn(C[NH+]3CCN(c4cccc[nH+]4)CC3)c(=S)s2)cc1. The molecule has 4 rings (SSSR count). The van der Waals surface area contributed by atoms with Crippen molar-refractivity contribution in [2.24, 2.45) is 0 Å². The Balaban J connectivity index is 1.36. The number of hydrogen-bond acceptors (Lipinski definition) is 5. The monoisotopic (exact) mass is 400 g/mol. The maximum Gasteiger partial charge on any atom is 0.274 e. The molecular weight excluding hydrogens is 376 g/mol. The van der Waals surface area contributed by atoms with Crippen LogP contribution >= 0.6 is 23.6 Å². The van der Waals surface area contributed by atoms with Gasteiger partial charge in [0.15, 0.2) is 10.6 Å². The molecule has 1 aromatic carbocycles. The van der Waals surface area contributed by atoms with Gasteiger partial charge in [0.25, 0.3) is 5.82 Å². The Morgan fingerprint density at radius 3 is 2.67 bits per heavy atom. The molecule has 1 aliphatic heterocycles. The first-order valence-electron chi connectivity index (χ1n) is 9.14. The molecule has 1 saturated heterocycles. The second-order valence-corrected chi connectivity index (χ2v) is 8.43. The molecule has 0 amide bonds. The number of aromatic nitrogens is 3. The van der Waals surface area contributed by atoms with Crippen LogP contribution in [0, 0.1) is 10.9 Å². The largest absolute Gasteiger partial charge is 0.330 e. The van der Waals surface area contributed by atoms with E-state index in [9.17, 15) is 0 Å². The van der Waals surface area contributed by atoms with Gasteiger partial charge in [-0.2, -0.15) is 4.68 Å². The van der Waals surface area contributed by atoms with Crippen molar-refractivity contribution in [3.63, 3.8) is 0 Å². The first-order valence-corrected chi connectivity index (χ1v) is 10.4. The number of piperazine rings is 1. The summed E-state index contributed by atoms with van der Waals surface area (Å²) in [5, 5.41) is 8.88. The lowest BCUT2D eigenvalue weighted by Gasteiger charge is -2.27. The molecule has 0 radical (unpaired) electrons. The van der Waals surface area contributed by atoms with Gasteiger partial charge in [-0.05, 0) is 37.3 Å². The van der Waals surface area contributed by atoms with E-state index in [-0.39, 0.29) is 0 Å². The molecule has 0 aliphatic carbocycles. The lowest BCUT2D eigenvalue weighted by Crippen LogP contribution is -3.14. The summed E-state index contributed by atoms with van der Waals surface area (Å²) >= 11 is 7.05. The Morgan fingerprint density at radius 2 is 1.96 bits per heavy atom. The van der Waals surface area contributed by atoms with Crippen molar-refractivity contribution < 1.29 is 9.88 Å². The minimum absolute atomic E-state index is 0.816. The number of aromatic amines is 1. The van der Waals surface area contributed by atoms with Gasteiger partial charge >= 0.3 is 0 Å². The quantitative estimate of drug-likeness (QED) is 0.643. The smallest absolute Gasteiger partial charge is 0.274 e. The number of pyridine rings is 1. The predicted octanol–water partition coefficient (Wildman–Crippen LogP) is 1.90. The number of nitrogens with zero attached hydrogens (tertiary/aromatic N) is 3. The lowest BCUT2D eigenvalue weighted by molar-refractivity contribution is -0.924. The summed E-state index contributed by atoms with van der Waals surface area (Å²) in [6.45, 7) is 7.10. The van der Waals surface area contributed by atoms with Crippen molar-refractivity contribution in [1.82, 2.24) is 9.78 Å². The average molecular weight is 401 g/mol. The van der Waals surface area contributed by atoms with Gasteiger partial charge < -0.3 is 10.2 Å². The van der Waals surface area contributed by atoms with E-state index in [0.717, 1.165) is 47.6 Å². The van der Waals surface area contributed by atoms with Crippen molar-refractivity contribution in [1.29, 1.82) is 0 Å². The summed E-state index contributed by atoms with van der Waals surface area (Å²) in [5.41, 5.74) is 2.28. The van der Waals surface area contributed by atoms with Crippen molar-refractivity contribution >= 4 is 40.2 Å². The Kier molecular flexibility index (Phi) is 5.47. The third-order valence-electron chi connectivity index (χ3n) is 4.79. The third-order valence-corrected chi connectivity index (χ3v) is 6.01. The molecule has 8 heteroatoms. The van der Waals surface area contributed by atoms with E-state index in [1.807, 2.05) is 16.9 Å². The Hall–Kier alpha value is -2.29. The van der Waals surface area contributed by atoms with Crippen LogP contribution in [0.15, 0.2) is 48.7 Å². The molecule has 0 bridgehead atoms. The Morgan fingerprint density at radius 1 is 1.19 bits per heavy atom. The topological polar surface area (TPSA) is 51.7 Å². The zero-order valence-corrected chi connectivity index (χ0v) is 16.9. The van der Waals surface area contributed by atoms with Crippen LogP contribution in [0.5, 0.6) is 0 Å². The number of aryl methyl sites for hydroxylation is 1. The first-order chi connectivity index (χ1) is 13.2.